The van der Waals surface area contributed by atoms with E-state index in [2.05, 4.69) is 5.32 Å². The minimum Gasteiger partial charge on any atom is -0.469 e. The van der Waals surface area contributed by atoms with E-state index in [0.717, 1.165) is 15.7 Å². The smallest absolute Gasteiger partial charge is 0.308 e. The number of halogens is 1. The maximum atomic E-state index is 13.0. The molecule has 0 saturated heterocycles. The van der Waals surface area contributed by atoms with E-state index in [1.165, 1.54) is 30.6 Å². The van der Waals surface area contributed by atoms with Gasteiger partial charge in [-0.15, -0.1) is 11.8 Å². The number of hydrogen-bond donors (Lipinski definition) is 1. The molecule has 2 aliphatic carbocycles. The number of anilines is 1. The molecule has 3 aliphatic rings. The van der Waals surface area contributed by atoms with Crippen LogP contribution >= 0.6 is 34.7 Å². The van der Waals surface area contributed by atoms with Gasteiger partial charge in [0.2, 0.25) is 5.91 Å². The van der Waals surface area contributed by atoms with E-state index in [4.69, 9.17) is 16.0 Å². The third-order valence-electron chi connectivity index (χ3n) is 6.97. The topological polar surface area (TPSA) is 64.2 Å². The third kappa shape index (κ3) is 3.29. The van der Waals surface area contributed by atoms with Gasteiger partial charge < -0.3 is 9.73 Å². The van der Waals surface area contributed by atoms with E-state index < -0.39 is 0 Å². The Bertz CT molecular complexity index is 1180. The van der Waals surface area contributed by atoms with Gasteiger partial charge >= 0.3 is 4.87 Å². The Labute approximate surface area is 192 Å². The van der Waals surface area contributed by atoms with Crippen molar-refractivity contribution in [2.45, 2.75) is 42.0 Å². The molecule has 160 valence electrons. The van der Waals surface area contributed by atoms with Gasteiger partial charge in [-0.05, 0) is 73.4 Å². The molecule has 5 nitrogen and oxygen atoms in total. The van der Waals surface area contributed by atoms with Crippen molar-refractivity contribution in [1.29, 1.82) is 0 Å². The van der Waals surface area contributed by atoms with E-state index >= 15 is 0 Å². The normalized spacial score (nSPS) is 28.4. The number of carbonyl (C=O) groups excluding carboxylic acids is 1. The zero-order chi connectivity index (χ0) is 21.1. The number of hydrogen-bond acceptors (Lipinski definition) is 5. The fourth-order valence-electron chi connectivity index (χ4n) is 5.75. The highest BCUT2D eigenvalue weighted by atomic mass is 35.5. The maximum Gasteiger partial charge on any atom is 0.308 e. The van der Waals surface area contributed by atoms with Crippen molar-refractivity contribution < 1.29 is 9.21 Å². The number of aromatic nitrogens is 1. The highest BCUT2D eigenvalue weighted by Gasteiger charge is 2.55. The van der Waals surface area contributed by atoms with Crippen LogP contribution in [0.15, 0.2) is 56.9 Å². The molecule has 6 rings (SSSR count). The average Bonchev–Trinajstić information content (AvgIpc) is 3.54. The van der Waals surface area contributed by atoms with Crippen LogP contribution in [0.25, 0.3) is 0 Å². The fourth-order valence-corrected chi connectivity index (χ4v) is 9.01. The molecule has 1 aromatic carbocycles. The molecule has 2 saturated carbocycles. The van der Waals surface area contributed by atoms with Crippen molar-refractivity contribution in [3.63, 3.8) is 0 Å². The lowest BCUT2D eigenvalue weighted by atomic mass is 9.77. The fraction of sp³-hybridized carbons (Fsp3) is 0.391. The monoisotopic (exact) mass is 472 g/mol. The number of fused-ring (bicyclic) bond motifs is 6. The summed E-state index contributed by atoms with van der Waals surface area (Å²) in [5.41, 5.74) is 0.667. The quantitative estimate of drug-likeness (QED) is 0.548. The first-order valence-corrected chi connectivity index (χ1v) is 12.6. The van der Waals surface area contributed by atoms with Gasteiger partial charge in [0.15, 0.2) is 0 Å². The van der Waals surface area contributed by atoms with E-state index in [0.29, 0.717) is 33.7 Å². The molecule has 3 aromatic rings. The summed E-state index contributed by atoms with van der Waals surface area (Å²) in [5.74, 6) is 2.75. The SMILES string of the molecule is O=C(Cn1c2c(sc1=O)[C@H](c1ccco1)C1C3CCC(C3)C1S2)Nc1ccc(Cl)cc1. The molecule has 2 aromatic heterocycles. The van der Waals surface area contributed by atoms with Gasteiger partial charge in [-0.2, -0.15) is 0 Å². The summed E-state index contributed by atoms with van der Waals surface area (Å²) in [6, 6.07) is 10.9. The number of amides is 1. The lowest BCUT2D eigenvalue weighted by molar-refractivity contribution is -0.116. The number of carbonyl (C=O) groups is 1. The molecule has 0 spiro atoms. The number of nitrogens with zero attached hydrogens (tertiary/aromatic N) is 1. The average molecular weight is 473 g/mol. The van der Waals surface area contributed by atoms with E-state index in [-0.39, 0.29) is 23.2 Å². The van der Waals surface area contributed by atoms with Crippen LogP contribution in [-0.4, -0.2) is 15.7 Å². The van der Waals surface area contributed by atoms with Crippen LogP contribution in [0.5, 0.6) is 0 Å². The molecule has 2 bridgehead atoms. The molecule has 1 N–H and O–H groups in total. The second-order valence-electron chi connectivity index (χ2n) is 8.66. The Kier molecular flexibility index (Phi) is 4.81. The molecule has 5 atom stereocenters. The molecular formula is C23H21ClN2O3S2. The van der Waals surface area contributed by atoms with Crippen molar-refractivity contribution in [3.8, 4) is 0 Å². The zero-order valence-electron chi connectivity index (χ0n) is 16.6. The van der Waals surface area contributed by atoms with Gasteiger partial charge in [0, 0.05) is 16.0 Å². The number of benzene rings is 1. The summed E-state index contributed by atoms with van der Waals surface area (Å²) in [5, 5.41) is 4.93. The second-order valence-corrected chi connectivity index (χ2v) is 11.3. The van der Waals surface area contributed by atoms with Crippen molar-refractivity contribution in [3.05, 3.63) is 68.0 Å². The summed E-state index contributed by atoms with van der Waals surface area (Å²) in [4.78, 5) is 26.7. The molecule has 8 heteroatoms. The first-order valence-electron chi connectivity index (χ1n) is 10.6. The number of thioether (sulfide) groups is 1. The molecule has 1 amide bonds. The van der Waals surface area contributed by atoms with Crippen LogP contribution in [-0.2, 0) is 11.3 Å². The number of nitrogens with one attached hydrogen (secondary N) is 1. The lowest BCUT2D eigenvalue weighted by Crippen LogP contribution is -2.34. The van der Waals surface area contributed by atoms with Gasteiger partial charge in [0.05, 0.1) is 22.1 Å². The standard InChI is InChI=1S/C23H21ClN2O3S2/c24-14-5-7-15(8-6-14)25-17(27)11-26-22-21(31-23(26)28)19(16-2-1-9-29-16)18-12-3-4-13(10-12)20(18)30-22/h1-2,5-9,12-13,18-20H,3-4,10-11H2,(H,25,27)/t12?,13?,18?,19-,20?/m1/s1. The van der Waals surface area contributed by atoms with E-state index in [9.17, 15) is 9.59 Å². The Morgan fingerprint density at radius 3 is 2.77 bits per heavy atom. The first kappa shape index (κ1) is 19.7. The van der Waals surface area contributed by atoms with Gasteiger partial charge in [-0.25, -0.2) is 0 Å². The predicted molar refractivity (Wildman–Crippen MR) is 123 cm³/mol. The van der Waals surface area contributed by atoms with E-state index in [1.807, 2.05) is 23.9 Å². The maximum absolute atomic E-state index is 13.0. The second kappa shape index (κ2) is 7.57. The zero-order valence-corrected chi connectivity index (χ0v) is 19.0. The summed E-state index contributed by atoms with van der Waals surface area (Å²) >= 11 is 9.03. The minimum absolute atomic E-state index is 0.0106. The first-order chi connectivity index (χ1) is 15.1. The van der Waals surface area contributed by atoms with Crippen molar-refractivity contribution in [2.24, 2.45) is 17.8 Å². The lowest BCUT2D eigenvalue weighted by Gasteiger charge is -2.39. The number of rotatable bonds is 4. The summed E-state index contributed by atoms with van der Waals surface area (Å²) in [6.07, 6.45) is 5.54. The molecule has 31 heavy (non-hydrogen) atoms. The molecule has 2 fully saturated rings. The van der Waals surface area contributed by atoms with Crippen molar-refractivity contribution >= 4 is 46.3 Å². The van der Waals surface area contributed by atoms with Crippen LogP contribution in [0.2, 0.25) is 5.02 Å². The summed E-state index contributed by atoms with van der Waals surface area (Å²) in [7, 11) is 0. The van der Waals surface area contributed by atoms with Gasteiger partial charge in [-0.1, -0.05) is 22.9 Å². The van der Waals surface area contributed by atoms with Crippen LogP contribution in [0.3, 0.4) is 0 Å². The van der Waals surface area contributed by atoms with Crippen LogP contribution in [0.1, 0.15) is 35.8 Å². The minimum atomic E-state index is -0.213. The number of furan rings is 1. The van der Waals surface area contributed by atoms with Crippen molar-refractivity contribution in [2.75, 3.05) is 5.32 Å². The third-order valence-corrected chi connectivity index (χ3v) is 10.0. The highest BCUT2D eigenvalue weighted by molar-refractivity contribution is 8.00. The van der Waals surface area contributed by atoms with Crippen LogP contribution < -0.4 is 10.2 Å². The van der Waals surface area contributed by atoms with Gasteiger partial charge in [-0.3, -0.25) is 14.2 Å². The summed E-state index contributed by atoms with van der Waals surface area (Å²) < 4.78 is 7.52. The largest absolute Gasteiger partial charge is 0.469 e. The van der Waals surface area contributed by atoms with Crippen LogP contribution in [0.4, 0.5) is 5.69 Å². The Morgan fingerprint density at radius 2 is 2.00 bits per heavy atom. The predicted octanol–water partition coefficient (Wildman–Crippen LogP) is 5.45. The highest BCUT2D eigenvalue weighted by Crippen LogP contribution is 2.64. The molecule has 4 unspecified atom stereocenters. The van der Waals surface area contributed by atoms with Crippen LogP contribution in [0, 0.1) is 17.8 Å². The van der Waals surface area contributed by atoms with E-state index in [1.54, 1.807) is 35.1 Å². The van der Waals surface area contributed by atoms with Gasteiger partial charge in [0.1, 0.15) is 12.3 Å². The molecule has 1 aliphatic heterocycles. The Hall–Kier alpha value is -1.96. The van der Waals surface area contributed by atoms with Crippen molar-refractivity contribution in [1.82, 2.24) is 4.57 Å². The Balaban J connectivity index is 1.34. The Morgan fingerprint density at radius 1 is 1.19 bits per heavy atom. The number of thiazole rings is 1. The summed E-state index contributed by atoms with van der Waals surface area (Å²) in [6.45, 7) is 0.0106. The molecular weight excluding hydrogens is 452 g/mol. The van der Waals surface area contributed by atoms with Gasteiger partial charge in [0.25, 0.3) is 0 Å². The molecule has 3 heterocycles. The molecule has 0 radical (unpaired) electrons.